The minimum atomic E-state index is -3.40. The summed E-state index contributed by atoms with van der Waals surface area (Å²) in [5.74, 6) is -3.39. The number of nitrogens with zero attached hydrogens (tertiary/aromatic N) is 1. The quantitative estimate of drug-likeness (QED) is 0.760. The summed E-state index contributed by atoms with van der Waals surface area (Å²) in [5, 5.41) is -0.709. The summed E-state index contributed by atoms with van der Waals surface area (Å²) >= 11 is 3.37. The Balaban J connectivity index is 3.55. The van der Waals surface area contributed by atoms with Crippen molar-refractivity contribution in [3.05, 3.63) is 15.0 Å². The van der Waals surface area contributed by atoms with E-state index in [-0.39, 0.29) is 9.96 Å². The number of thiazole rings is 1. The minimum Gasteiger partial charge on any atom is -0.234 e. The van der Waals surface area contributed by atoms with Gasteiger partial charge in [0.15, 0.2) is 0 Å². The molecular weight excluding hydrogens is 210 g/mol. The van der Waals surface area contributed by atoms with E-state index in [0.717, 1.165) is 0 Å². The summed E-state index contributed by atoms with van der Waals surface area (Å²) in [4.78, 5) is 3.63. The van der Waals surface area contributed by atoms with E-state index in [1.807, 2.05) is 0 Å². The molecule has 1 aromatic heterocycles. The Morgan fingerprint density at radius 3 is 3.50 bits per heavy atom. The third-order valence-electron chi connectivity index (χ3n) is 0.664. The second-order valence-electron chi connectivity index (χ2n) is 1.41. The van der Waals surface area contributed by atoms with Gasteiger partial charge in [0.25, 0.3) is 0 Å². The van der Waals surface area contributed by atoms with Crippen LogP contribution in [0.5, 0.6) is 0 Å². The zero-order valence-electron chi connectivity index (χ0n) is 14.7. The van der Waals surface area contributed by atoms with Gasteiger partial charge in [-0.1, -0.05) is 13.7 Å². The van der Waals surface area contributed by atoms with E-state index in [2.05, 4.69) is 20.9 Å². The number of aromatic nitrogens is 1. The maximum absolute atomic E-state index is 7.85. The predicted octanol–water partition coefficient (Wildman–Crippen LogP) is 3.10. The van der Waals surface area contributed by atoms with Gasteiger partial charge in [-0.15, -0.1) is 11.3 Å². The average molecular weight is 230 g/mol. The SMILES string of the molecule is [2H]c1sc(C([2H])([2H])C([2H])(C([2H])([2H])[2H])C([2H])([2H])[2H])nc1Br. The summed E-state index contributed by atoms with van der Waals surface area (Å²) in [6.07, 6.45) is -3.07. The molecule has 0 aromatic carbocycles. The molecule has 10 heavy (non-hydrogen) atoms. The summed E-state index contributed by atoms with van der Waals surface area (Å²) in [7, 11) is 0. The van der Waals surface area contributed by atoms with Crippen molar-refractivity contribution in [2.24, 2.45) is 5.89 Å². The van der Waals surface area contributed by atoms with Crippen molar-refractivity contribution in [3.63, 3.8) is 0 Å². The Kier molecular flexibility index (Phi) is 0.723. The summed E-state index contributed by atoms with van der Waals surface area (Å²) in [6.45, 7) is -6.80. The summed E-state index contributed by atoms with van der Waals surface area (Å²) in [5.41, 5.74) is 0. The molecule has 1 nitrogen and oxygen atoms in total. The number of rotatable bonds is 2. The van der Waals surface area contributed by atoms with Gasteiger partial charge in [-0.3, -0.25) is 0 Å². The number of hydrogen-bond donors (Lipinski definition) is 0. The first-order valence-electron chi connectivity index (χ1n) is 7.29. The fraction of sp³-hybridized carbons (Fsp3) is 0.571. The van der Waals surface area contributed by atoms with E-state index in [0.29, 0.717) is 11.3 Å². The first-order valence-corrected chi connectivity index (χ1v) is 3.90. The zero-order chi connectivity index (χ0) is 16.1. The lowest BCUT2D eigenvalue weighted by Gasteiger charge is -1.97. The lowest BCUT2D eigenvalue weighted by Crippen LogP contribution is -1.91. The highest BCUT2D eigenvalue weighted by atomic mass is 79.9. The molecule has 0 N–H and O–H groups in total. The molecule has 3 heteroatoms. The Hall–Kier alpha value is 0.110. The normalized spacial score (nSPS) is 30.5. The fourth-order valence-electron chi connectivity index (χ4n) is 0.386. The lowest BCUT2D eigenvalue weighted by molar-refractivity contribution is 0.644. The van der Waals surface area contributed by atoms with E-state index in [9.17, 15) is 0 Å². The van der Waals surface area contributed by atoms with Crippen LogP contribution in [0.4, 0.5) is 0 Å². The second kappa shape index (κ2) is 3.49. The van der Waals surface area contributed by atoms with Crippen molar-refractivity contribution in [2.45, 2.75) is 20.1 Å². The number of halogens is 1. The molecule has 0 fully saturated rings. The molecule has 0 bridgehead atoms. The van der Waals surface area contributed by atoms with Gasteiger partial charge >= 0.3 is 0 Å². The van der Waals surface area contributed by atoms with Gasteiger partial charge in [0.05, 0.1) is 6.38 Å². The van der Waals surface area contributed by atoms with Gasteiger partial charge in [-0.05, 0) is 21.8 Å². The maximum atomic E-state index is 7.85. The van der Waals surface area contributed by atoms with Crippen LogP contribution in [-0.2, 0) is 6.37 Å². The van der Waals surface area contributed by atoms with Crippen molar-refractivity contribution >= 4 is 27.3 Å². The van der Waals surface area contributed by atoms with Crippen LogP contribution in [0.2, 0.25) is 0 Å². The highest BCUT2D eigenvalue weighted by Crippen LogP contribution is 2.17. The predicted molar refractivity (Wildman–Crippen MR) is 48.4 cm³/mol. The first-order chi connectivity index (χ1) is 8.66. The molecule has 0 radical (unpaired) electrons. The fourth-order valence-corrected chi connectivity index (χ4v) is 1.44. The molecule has 0 atom stereocenters. The maximum Gasteiger partial charge on any atom is 0.117 e. The van der Waals surface area contributed by atoms with E-state index < -0.39 is 31.0 Å². The van der Waals surface area contributed by atoms with Crippen molar-refractivity contribution in [2.75, 3.05) is 0 Å². The molecule has 0 amide bonds. The Labute approximate surface area is 87.7 Å². The highest BCUT2D eigenvalue weighted by Gasteiger charge is 2.01. The third-order valence-corrected chi connectivity index (χ3v) is 1.98. The van der Waals surface area contributed by atoms with Crippen molar-refractivity contribution in [1.82, 2.24) is 4.98 Å². The van der Waals surface area contributed by atoms with Gasteiger partial charge in [0, 0.05) is 24.1 Å². The van der Waals surface area contributed by atoms with Crippen molar-refractivity contribution in [3.8, 4) is 0 Å². The van der Waals surface area contributed by atoms with E-state index in [1.165, 1.54) is 0 Å². The van der Waals surface area contributed by atoms with Gasteiger partial charge in [0.1, 0.15) is 4.60 Å². The highest BCUT2D eigenvalue weighted by molar-refractivity contribution is 9.10. The van der Waals surface area contributed by atoms with Crippen LogP contribution < -0.4 is 0 Å². The second-order valence-corrected chi connectivity index (χ2v) is 2.96. The minimum absolute atomic E-state index is 0.0280. The molecule has 0 spiro atoms. The van der Waals surface area contributed by atoms with E-state index in [4.69, 9.17) is 13.7 Å². The molecule has 0 aliphatic carbocycles. The Morgan fingerprint density at radius 1 is 2.20 bits per heavy atom. The first kappa shape index (κ1) is 2.07. The molecule has 0 aliphatic heterocycles. The molecular formula is C7H10BrNS. The molecule has 0 saturated carbocycles. The van der Waals surface area contributed by atoms with E-state index >= 15 is 0 Å². The van der Waals surface area contributed by atoms with Crippen LogP contribution in [0, 0.1) is 5.89 Å². The molecule has 1 heterocycles. The molecule has 1 aromatic rings. The van der Waals surface area contributed by atoms with Gasteiger partial charge in [-0.25, -0.2) is 4.98 Å². The van der Waals surface area contributed by atoms with Crippen LogP contribution in [0.15, 0.2) is 9.96 Å². The monoisotopic (exact) mass is 229 g/mol. The smallest absolute Gasteiger partial charge is 0.117 e. The molecule has 56 valence electrons. The summed E-state index contributed by atoms with van der Waals surface area (Å²) in [6, 6.07) is 0. The Morgan fingerprint density at radius 2 is 3.00 bits per heavy atom. The Bertz CT molecular complexity index is 469. The molecule has 0 unspecified atom stereocenters. The largest absolute Gasteiger partial charge is 0.234 e. The van der Waals surface area contributed by atoms with Crippen LogP contribution in [-0.4, -0.2) is 4.98 Å². The number of hydrogen-bond acceptors (Lipinski definition) is 2. The standard InChI is InChI=1S/C7H10BrNS/c1-5(2)3-7-9-6(8)4-10-7/h4-5H,3H2,1-2H3/i1D3,2D3,3D2,4D,5D. The van der Waals surface area contributed by atoms with Gasteiger partial charge in [-0.2, -0.15) is 0 Å². The van der Waals surface area contributed by atoms with Crippen LogP contribution >= 0.6 is 27.3 Å². The van der Waals surface area contributed by atoms with Gasteiger partial charge in [0.2, 0.25) is 0 Å². The van der Waals surface area contributed by atoms with E-state index in [1.54, 1.807) is 0 Å². The molecule has 0 aliphatic rings. The third kappa shape index (κ3) is 2.39. The van der Waals surface area contributed by atoms with Crippen LogP contribution in [0.25, 0.3) is 0 Å². The average Bonchev–Trinajstić information content (AvgIpc) is 2.55. The van der Waals surface area contributed by atoms with Crippen molar-refractivity contribution < 1.29 is 13.7 Å². The van der Waals surface area contributed by atoms with Crippen LogP contribution in [0.3, 0.4) is 0 Å². The van der Waals surface area contributed by atoms with Gasteiger partial charge < -0.3 is 0 Å². The topological polar surface area (TPSA) is 12.9 Å². The molecule has 0 saturated heterocycles. The molecule has 1 rings (SSSR count). The van der Waals surface area contributed by atoms with Crippen molar-refractivity contribution in [1.29, 1.82) is 0 Å². The zero-order valence-corrected chi connectivity index (χ0v) is 7.14. The van der Waals surface area contributed by atoms with Crippen LogP contribution in [0.1, 0.15) is 32.4 Å². The lowest BCUT2D eigenvalue weighted by atomic mass is 10.1. The summed E-state index contributed by atoms with van der Waals surface area (Å²) < 4.78 is 74.6.